The van der Waals surface area contributed by atoms with Crippen molar-refractivity contribution in [2.24, 2.45) is 0 Å². The van der Waals surface area contributed by atoms with Crippen molar-refractivity contribution < 1.29 is 33.3 Å². The molecule has 2 rings (SSSR count). The Balaban J connectivity index is 1.44. The van der Waals surface area contributed by atoms with Crippen LogP contribution >= 0.6 is 0 Å². The Morgan fingerprint density at radius 1 is 0.655 bits per heavy atom. The average Bonchev–Trinajstić information content (AvgIpc) is 2.66. The number of hydrogen-bond donors (Lipinski definition) is 2. The van der Waals surface area contributed by atoms with E-state index in [9.17, 15) is 9.59 Å². The molecule has 0 spiro atoms. The van der Waals surface area contributed by atoms with Gasteiger partial charge < -0.3 is 35.2 Å². The van der Waals surface area contributed by atoms with E-state index in [1.807, 2.05) is 0 Å². The van der Waals surface area contributed by atoms with E-state index in [0.717, 1.165) is 0 Å². The summed E-state index contributed by atoms with van der Waals surface area (Å²) in [6.45, 7) is 0.549. The lowest BCUT2D eigenvalue weighted by atomic mass is 10.3. The van der Waals surface area contributed by atoms with Crippen molar-refractivity contribution in [1.82, 2.24) is 0 Å². The minimum Gasteiger partial charge on any atom is -0.425 e. The molecule has 0 atom stereocenters. The fraction of sp³-hybridized carbons (Fsp3) is 0.300. The Hall–Kier alpha value is -3.14. The zero-order valence-electron chi connectivity index (χ0n) is 15.9. The zero-order valence-corrected chi connectivity index (χ0v) is 15.9. The number of nitrogen functional groups attached to an aromatic ring is 2. The molecule has 0 saturated heterocycles. The zero-order chi connectivity index (χ0) is 20.9. The van der Waals surface area contributed by atoms with E-state index < -0.39 is 11.9 Å². The van der Waals surface area contributed by atoms with Crippen LogP contribution in [-0.2, 0) is 23.8 Å². The molecule has 0 aliphatic carbocycles. The van der Waals surface area contributed by atoms with E-state index in [-0.39, 0.29) is 39.6 Å². The van der Waals surface area contributed by atoms with E-state index in [4.69, 9.17) is 35.2 Å². The Morgan fingerprint density at radius 2 is 1.07 bits per heavy atom. The average molecular weight is 404 g/mol. The normalized spacial score (nSPS) is 10.5. The number of benzene rings is 2. The highest BCUT2D eigenvalue weighted by Crippen LogP contribution is 2.15. The quantitative estimate of drug-likeness (QED) is 0.233. The van der Waals surface area contributed by atoms with Crippen molar-refractivity contribution >= 4 is 23.3 Å². The first-order valence-corrected chi connectivity index (χ1v) is 8.88. The predicted molar refractivity (Wildman–Crippen MR) is 105 cm³/mol. The molecule has 0 aliphatic heterocycles. The molecule has 156 valence electrons. The molecule has 29 heavy (non-hydrogen) atoms. The second-order valence-corrected chi connectivity index (χ2v) is 5.81. The largest absolute Gasteiger partial charge is 0.425 e. The highest BCUT2D eigenvalue weighted by Gasteiger charge is 2.06. The van der Waals surface area contributed by atoms with Gasteiger partial charge in [0.15, 0.2) is 0 Å². The maximum absolute atomic E-state index is 11.6. The van der Waals surface area contributed by atoms with Crippen LogP contribution in [0.1, 0.15) is 0 Å². The molecule has 0 radical (unpaired) electrons. The number of carbonyl (C=O) groups excluding carboxylic acids is 2. The van der Waals surface area contributed by atoms with Crippen molar-refractivity contribution in [2.45, 2.75) is 0 Å². The number of ether oxygens (including phenoxy) is 5. The Kier molecular flexibility index (Phi) is 9.43. The molecule has 0 aromatic heterocycles. The molecule has 4 N–H and O–H groups in total. The number of rotatable bonds is 12. The molecule has 0 amide bonds. The third-order valence-corrected chi connectivity index (χ3v) is 3.36. The fourth-order valence-electron chi connectivity index (χ4n) is 2.13. The summed E-state index contributed by atoms with van der Waals surface area (Å²) in [6.07, 6.45) is 0. The minimum atomic E-state index is -0.530. The number of nitrogens with two attached hydrogens (primary N) is 2. The molecule has 0 fully saturated rings. The summed E-state index contributed by atoms with van der Waals surface area (Å²) in [4.78, 5) is 23.2. The van der Waals surface area contributed by atoms with E-state index in [0.29, 0.717) is 22.9 Å². The third kappa shape index (κ3) is 9.56. The maximum atomic E-state index is 11.6. The van der Waals surface area contributed by atoms with Crippen molar-refractivity contribution in [3.63, 3.8) is 0 Å². The highest BCUT2D eigenvalue weighted by atomic mass is 16.6. The van der Waals surface area contributed by atoms with Crippen molar-refractivity contribution in [1.29, 1.82) is 0 Å². The summed E-state index contributed by atoms with van der Waals surface area (Å²) in [6, 6.07) is 13.1. The third-order valence-electron chi connectivity index (χ3n) is 3.36. The van der Waals surface area contributed by atoms with Crippen LogP contribution in [0, 0.1) is 0 Å². The highest BCUT2D eigenvalue weighted by molar-refractivity contribution is 5.74. The molecule has 9 nitrogen and oxygen atoms in total. The maximum Gasteiger partial charge on any atom is 0.337 e. The van der Waals surface area contributed by atoms with Crippen LogP contribution in [0.4, 0.5) is 11.4 Å². The van der Waals surface area contributed by atoms with Crippen LogP contribution in [0.2, 0.25) is 0 Å². The summed E-state index contributed by atoms with van der Waals surface area (Å²) in [5, 5.41) is 0. The molecule has 0 aliphatic rings. The fourth-order valence-corrected chi connectivity index (χ4v) is 2.13. The molecular weight excluding hydrogens is 380 g/mol. The second-order valence-electron chi connectivity index (χ2n) is 5.81. The summed E-state index contributed by atoms with van der Waals surface area (Å²) in [5.41, 5.74) is 12.2. The van der Waals surface area contributed by atoms with Gasteiger partial charge in [0, 0.05) is 23.5 Å². The Bertz CT molecular complexity index is 732. The summed E-state index contributed by atoms with van der Waals surface area (Å²) < 4.78 is 25.7. The van der Waals surface area contributed by atoms with Crippen LogP contribution in [0.5, 0.6) is 11.5 Å². The standard InChI is InChI=1S/C20H24N2O7/c21-15-3-1-5-17(11-15)28-19(23)13-26-9-7-25-8-10-27-14-20(24)29-18-6-2-4-16(22)12-18/h1-6,11-12H,7-10,13-14,21-22H2. The van der Waals surface area contributed by atoms with E-state index in [1.54, 1.807) is 48.5 Å². The predicted octanol–water partition coefficient (Wildman–Crippen LogP) is 1.41. The number of anilines is 2. The summed E-state index contributed by atoms with van der Waals surface area (Å²) in [5.74, 6) is -0.335. The van der Waals surface area contributed by atoms with Gasteiger partial charge in [0.2, 0.25) is 0 Å². The van der Waals surface area contributed by atoms with Crippen LogP contribution < -0.4 is 20.9 Å². The molecule has 0 bridgehead atoms. The van der Waals surface area contributed by atoms with E-state index in [2.05, 4.69) is 0 Å². The Morgan fingerprint density at radius 3 is 1.48 bits per heavy atom. The van der Waals surface area contributed by atoms with Gasteiger partial charge in [-0.15, -0.1) is 0 Å². The van der Waals surface area contributed by atoms with E-state index in [1.165, 1.54) is 0 Å². The molecule has 0 unspecified atom stereocenters. The lowest BCUT2D eigenvalue weighted by molar-refractivity contribution is -0.140. The van der Waals surface area contributed by atoms with Crippen molar-refractivity contribution in [2.75, 3.05) is 51.1 Å². The van der Waals surface area contributed by atoms with Gasteiger partial charge in [0.25, 0.3) is 0 Å². The van der Waals surface area contributed by atoms with Gasteiger partial charge in [-0.05, 0) is 24.3 Å². The lowest BCUT2D eigenvalue weighted by Crippen LogP contribution is -2.19. The van der Waals surface area contributed by atoms with Crippen LogP contribution in [-0.4, -0.2) is 51.6 Å². The van der Waals surface area contributed by atoms with Gasteiger partial charge in [-0.2, -0.15) is 0 Å². The lowest BCUT2D eigenvalue weighted by Gasteiger charge is -2.08. The molecule has 9 heteroatoms. The number of esters is 2. The first-order chi connectivity index (χ1) is 14.0. The van der Waals surface area contributed by atoms with Crippen LogP contribution in [0.25, 0.3) is 0 Å². The first-order valence-electron chi connectivity index (χ1n) is 8.88. The molecule has 2 aromatic carbocycles. The molecule has 0 saturated carbocycles. The summed E-state index contributed by atoms with van der Waals surface area (Å²) in [7, 11) is 0. The van der Waals surface area contributed by atoms with Gasteiger partial charge >= 0.3 is 11.9 Å². The molecule has 2 aromatic rings. The minimum absolute atomic E-state index is 0.204. The van der Waals surface area contributed by atoms with Gasteiger partial charge in [-0.25, -0.2) is 9.59 Å². The van der Waals surface area contributed by atoms with Gasteiger partial charge in [-0.1, -0.05) is 12.1 Å². The SMILES string of the molecule is Nc1cccc(OC(=O)COCCOCCOCC(=O)Oc2cccc(N)c2)c1. The molecular formula is C20H24N2O7. The first kappa shape index (κ1) is 22.2. The Labute approximate surface area is 168 Å². The molecule has 0 heterocycles. The van der Waals surface area contributed by atoms with Gasteiger partial charge in [0.05, 0.1) is 26.4 Å². The number of hydrogen-bond acceptors (Lipinski definition) is 9. The number of carbonyl (C=O) groups is 2. The monoisotopic (exact) mass is 404 g/mol. The van der Waals surface area contributed by atoms with E-state index >= 15 is 0 Å². The topological polar surface area (TPSA) is 132 Å². The van der Waals surface area contributed by atoms with Crippen molar-refractivity contribution in [3.05, 3.63) is 48.5 Å². The van der Waals surface area contributed by atoms with Crippen LogP contribution in [0.15, 0.2) is 48.5 Å². The summed E-state index contributed by atoms with van der Waals surface area (Å²) >= 11 is 0. The smallest absolute Gasteiger partial charge is 0.337 e. The van der Waals surface area contributed by atoms with Crippen LogP contribution in [0.3, 0.4) is 0 Å². The van der Waals surface area contributed by atoms with Gasteiger partial charge in [0.1, 0.15) is 24.7 Å². The van der Waals surface area contributed by atoms with Crippen molar-refractivity contribution in [3.8, 4) is 11.5 Å². The van der Waals surface area contributed by atoms with Gasteiger partial charge in [-0.3, -0.25) is 0 Å². The second kappa shape index (κ2) is 12.3.